The number of sulfonamides is 1. The molecule has 0 aromatic heterocycles. The molecule has 1 amide bonds. The number of carbonyl (C=O) groups is 1. The second kappa shape index (κ2) is 11.0. The maximum Gasteiger partial charge on any atom is 0.240 e. The van der Waals surface area contributed by atoms with Crippen molar-refractivity contribution < 1.29 is 22.0 Å². The first-order chi connectivity index (χ1) is 15.2. The van der Waals surface area contributed by atoms with Crippen LogP contribution in [0.2, 0.25) is 0 Å². The number of halogens is 2. The molecule has 0 saturated carbocycles. The lowest BCUT2D eigenvalue weighted by atomic mass is 10.1. The van der Waals surface area contributed by atoms with Gasteiger partial charge in [0.05, 0.1) is 10.9 Å². The van der Waals surface area contributed by atoms with Crippen LogP contribution in [0.1, 0.15) is 18.0 Å². The van der Waals surface area contributed by atoms with E-state index in [2.05, 4.69) is 26.9 Å². The highest BCUT2D eigenvalue weighted by Crippen LogP contribution is 2.16. The predicted octanol–water partition coefficient (Wildman–Crippen LogP) is 1.74. The fraction of sp³-hybridized carbons (Fsp3) is 0.409. The molecule has 10 heteroatoms. The third-order valence-corrected chi connectivity index (χ3v) is 6.88. The lowest BCUT2D eigenvalue weighted by Crippen LogP contribution is -2.48. The molecule has 1 saturated heterocycles. The molecule has 1 aliphatic rings. The summed E-state index contributed by atoms with van der Waals surface area (Å²) in [4.78, 5) is 16.7. The fourth-order valence-corrected chi connectivity index (χ4v) is 4.54. The van der Waals surface area contributed by atoms with E-state index in [-0.39, 0.29) is 24.9 Å². The molecule has 3 rings (SSSR count). The van der Waals surface area contributed by atoms with Crippen molar-refractivity contribution in [1.29, 1.82) is 0 Å². The highest BCUT2D eigenvalue weighted by molar-refractivity contribution is 7.89. The molecular weight excluding hydrogens is 438 g/mol. The zero-order valence-corrected chi connectivity index (χ0v) is 18.7. The molecule has 2 aromatic carbocycles. The summed E-state index contributed by atoms with van der Waals surface area (Å²) in [6.45, 7) is 4.23. The van der Waals surface area contributed by atoms with E-state index in [1.54, 1.807) is 0 Å². The number of likely N-dealkylation sites (N-methyl/N-ethyl adjacent to an activating group) is 1. The van der Waals surface area contributed by atoms with Gasteiger partial charge < -0.3 is 10.2 Å². The van der Waals surface area contributed by atoms with Crippen LogP contribution in [0.15, 0.2) is 53.4 Å². The molecule has 1 atom stereocenters. The van der Waals surface area contributed by atoms with Gasteiger partial charge in [0, 0.05) is 45.7 Å². The Hall–Kier alpha value is -2.40. The molecule has 7 nitrogen and oxygen atoms in total. The van der Waals surface area contributed by atoms with Crippen LogP contribution in [0.5, 0.6) is 0 Å². The van der Waals surface area contributed by atoms with E-state index in [4.69, 9.17) is 0 Å². The van der Waals surface area contributed by atoms with Crippen LogP contribution in [0.4, 0.5) is 8.78 Å². The standard InChI is InChI=1S/C22H28F2N4O3S/c1-27-11-13-28(14-12-27)16-21(17-5-3-2-4-6-17)26-22(29)9-10-25-32(30,31)18-7-8-19(23)20(24)15-18/h2-8,15,21,25H,9-14,16H2,1H3,(H,26,29). The molecule has 0 bridgehead atoms. The quantitative estimate of drug-likeness (QED) is 0.589. The Labute approximate surface area is 187 Å². The zero-order chi connectivity index (χ0) is 23.1. The van der Waals surface area contributed by atoms with Gasteiger partial charge in [-0.2, -0.15) is 0 Å². The number of amides is 1. The largest absolute Gasteiger partial charge is 0.348 e. The topological polar surface area (TPSA) is 81.8 Å². The van der Waals surface area contributed by atoms with Gasteiger partial charge >= 0.3 is 0 Å². The van der Waals surface area contributed by atoms with E-state index in [9.17, 15) is 22.0 Å². The first-order valence-corrected chi connectivity index (χ1v) is 11.9. The smallest absolute Gasteiger partial charge is 0.240 e. The average molecular weight is 467 g/mol. The molecule has 0 radical (unpaired) electrons. The minimum Gasteiger partial charge on any atom is -0.348 e. The number of hydrogen-bond acceptors (Lipinski definition) is 5. The lowest BCUT2D eigenvalue weighted by Gasteiger charge is -2.35. The van der Waals surface area contributed by atoms with Crippen molar-refractivity contribution in [1.82, 2.24) is 19.8 Å². The molecule has 0 spiro atoms. The van der Waals surface area contributed by atoms with E-state index in [1.807, 2.05) is 30.3 Å². The first kappa shape index (κ1) is 24.2. The lowest BCUT2D eigenvalue weighted by molar-refractivity contribution is -0.121. The Kier molecular flexibility index (Phi) is 8.30. The molecule has 1 unspecified atom stereocenters. The van der Waals surface area contributed by atoms with Crippen molar-refractivity contribution in [3.8, 4) is 0 Å². The van der Waals surface area contributed by atoms with Crippen LogP contribution in [-0.2, 0) is 14.8 Å². The van der Waals surface area contributed by atoms with Gasteiger partial charge in [0.1, 0.15) is 0 Å². The first-order valence-electron chi connectivity index (χ1n) is 10.4. The normalized spacial score (nSPS) is 16.6. The van der Waals surface area contributed by atoms with Crippen molar-refractivity contribution in [3.63, 3.8) is 0 Å². The van der Waals surface area contributed by atoms with Crippen LogP contribution in [0.3, 0.4) is 0 Å². The summed E-state index contributed by atoms with van der Waals surface area (Å²) >= 11 is 0. The second-order valence-electron chi connectivity index (χ2n) is 7.86. The Morgan fingerprint density at radius 1 is 1.03 bits per heavy atom. The summed E-state index contributed by atoms with van der Waals surface area (Å²) < 4.78 is 53.2. The van der Waals surface area contributed by atoms with E-state index in [1.165, 1.54) is 0 Å². The van der Waals surface area contributed by atoms with Crippen LogP contribution in [0, 0.1) is 11.6 Å². The summed E-state index contributed by atoms with van der Waals surface area (Å²) in [5.74, 6) is -2.68. The minimum absolute atomic E-state index is 0.0883. The summed E-state index contributed by atoms with van der Waals surface area (Å²) in [6.07, 6.45) is -0.0883. The van der Waals surface area contributed by atoms with Crippen molar-refractivity contribution >= 4 is 15.9 Å². The predicted molar refractivity (Wildman–Crippen MR) is 117 cm³/mol. The molecule has 174 valence electrons. The molecule has 1 fully saturated rings. The molecule has 2 aromatic rings. The number of nitrogens with zero attached hydrogens (tertiary/aromatic N) is 2. The highest BCUT2D eigenvalue weighted by atomic mass is 32.2. The summed E-state index contributed by atoms with van der Waals surface area (Å²) in [7, 11) is -1.97. The molecule has 1 aliphatic heterocycles. The van der Waals surface area contributed by atoms with Crippen LogP contribution >= 0.6 is 0 Å². The van der Waals surface area contributed by atoms with Gasteiger partial charge in [0.2, 0.25) is 15.9 Å². The monoisotopic (exact) mass is 466 g/mol. The zero-order valence-electron chi connectivity index (χ0n) is 17.9. The Morgan fingerprint density at radius 2 is 1.72 bits per heavy atom. The number of benzene rings is 2. The summed E-state index contributed by atoms with van der Waals surface area (Å²) in [6, 6.07) is 11.7. The maximum atomic E-state index is 13.3. The van der Waals surface area contributed by atoms with Crippen LogP contribution in [-0.4, -0.2) is 70.4 Å². The van der Waals surface area contributed by atoms with Crippen molar-refractivity contribution in [2.45, 2.75) is 17.4 Å². The summed E-state index contributed by atoms with van der Waals surface area (Å²) in [5.41, 5.74) is 0.974. The minimum atomic E-state index is -4.05. The molecule has 1 heterocycles. The Bertz CT molecular complexity index is 1010. The number of rotatable bonds is 9. The number of hydrogen-bond donors (Lipinski definition) is 2. The maximum absolute atomic E-state index is 13.3. The molecule has 2 N–H and O–H groups in total. The van der Waals surface area contributed by atoms with Gasteiger partial charge in [0.25, 0.3) is 0 Å². The molecule has 0 aliphatic carbocycles. The van der Waals surface area contributed by atoms with Gasteiger partial charge in [-0.25, -0.2) is 21.9 Å². The van der Waals surface area contributed by atoms with Crippen molar-refractivity contribution in [2.24, 2.45) is 0 Å². The van der Waals surface area contributed by atoms with Gasteiger partial charge in [-0.15, -0.1) is 0 Å². The number of piperazine rings is 1. The van der Waals surface area contributed by atoms with E-state index >= 15 is 0 Å². The SMILES string of the molecule is CN1CCN(CC(NC(=O)CCNS(=O)(=O)c2ccc(F)c(F)c2)c2ccccc2)CC1. The Morgan fingerprint density at radius 3 is 2.38 bits per heavy atom. The van der Waals surface area contributed by atoms with Gasteiger partial charge in [-0.1, -0.05) is 30.3 Å². The Balaban J connectivity index is 1.57. The third-order valence-electron chi connectivity index (χ3n) is 5.42. The highest BCUT2D eigenvalue weighted by Gasteiger charge is 2.22. The average Bonchev–Trinajstić information content (AvgIpc) is 2.77. The third kappa shape index (κ3) is 6.80. The van der Waals surface area contributed by atoms with E-state index in [0.717, 1.165) is 43.9 Å². The number of carbonyl (C=O) groups excluding carboxylic acids is 1. The van der Waals surface area contributed by atoms with Crippen molar-refractivity contribution in [2.75, 3.05) is 46.3 Å². The van der Waals surface area contributed by atoms with E-state index in [0.29, 0.717) is 12.6 Å². The molecule has 32 heavy (non-hydrogen) atoms. The second-order valence-corrected chi connectivity index (χ2v) is 9.63. The van der Waals surface area contributed by atoms with Gasteiger partial charge in [0.15, 0.2) is 11.6 Å². The fourth-order valence-electron chi connectivity index (χ4n) is 3.50. The number of nitrogens with one attached hydrogen (secondary N) is 2. The molecular formula is C22H28F2N4O3S. The summed E-state index contributed by atoms with van der Waals surface area (Å²) in [5, 5.41) is 3.00. The van der Waals surface area contributed by atoms with E-state index < -0.39 is 26.6 Å². The van der Waals surface area contributed by atoms with Crippen molar-refractivity contribution in [3.05, 3.63) is 65.7 Å². The van der Waals surface area contributed by atoms with Gasteiger partial charge in [-0.05, 0) is 30.8 Å². The van der Waals surface area contributed by atoms with Crippen LogP contribution in [0.25, 0.3) is 0 Å². The van der Waals surface area contributed by atoms with Gasteiger partial charge in [-0.3, -0.25) is 9.69 Å². The van der Waals surface area contributed by atoms with Crippen LogP contribution < -0.4 is 10.0 Å².